The third kappa shape index (κ3) is 2.48. The standard InChI is InChI=1S/C19H17NO/c1-3-9-18-15(4-2)16-12-8-13-17(19(16)21-18)20-14-10-6-5-7-11-14/h3-13,20H,2H2,1H3/b9-3-. The molecule has 2 heteroatoms. The number of rotatable bonds is 4. The minimum Gasteiger partial charge on any atom is -0.454 e. The molecule has 2 nitrogen and oxygen atoms in total. The van der Waals surface area contributed by atoms with Crippen molar-refractivity contribution in [2.75, 3.05) is 5.32 Å². The maximum atomic E-state index is 6.01. The number of furan rings is 1. The maximum absolute atomic E-state index is 6.01. The van der Waals surface area contributed by atoms with Gasteiger partial charge in [-0.15, -0.1) is 0 Å². The van der Waals surface area contributed by atoms with E-state index in [0.717, 1.165) is 33.7 Å². The highest BCUT2D eigenvalue weighted by Gasteiger charge is 2.12. The van der Waals surface area contributed by atoms with E-state index in [1.165, 1.54) is 0 Å². The predicted molar refractivity (Wildman–Crippen MR) is 90.7 cm³/mol. The molecular weight excluding hydrogens is 258 g/mol. The van der Waals surface area contributed by atoms with Gasteiger partial charge in [0.05, 0.1) is 5.69 Å². The summed E-state index contributed by atoms with van der Waals surface area (Å²) < 4.78 is 6.01. The van der Waals surface area contributed by atoms with Gasteiger partial charge in [-0.05, 0) is 31.2 Å². The lowest BCUT2D eigenvalue weighted by Gasteiger charge is -2.06. The Kier molecular flexibility index (Phi) is 3.61. The lowest BCUT2D eigenvalue weighted by molar-refractivity contribution is 0.604. The molecular formula is C19H17NO. The average molecular weight is 275 g/mol. The topological polar surface area (TPSA) is 25.2 Å². The van der Waals surface area contributed by atoms with E-state index in [2.05, 4.69) is 18.0 Å². The lowest BCUT2D eigenvalue weighted by Crippen LogP contribution is -1.89. The third-order valence-corrected chi connectivity index (χ3v) is 3.36. The first-order chi connectivity index (χ1) is 10.3. The Balaban J connectivity index is 2.14. The van der Waals surface area contributed by atoms with Gasteiger partial charge in [-0.25, -0.2) is 0 Å². The Morgan fingerprint density at radius 3 is 2.57 bits per heavy atom. The fourth-order valence-electron chi connectivity index (χ4n) is 2.42. The molecule has 21 heavy (non-hydrogen) atoms. The second-order valence-electron chi connectivity index (χ2n) is 4.76. The van der Waals surface area contributed by atoms with Gasteiger partial charge < -0.3 is 9.73 Å². The molecule has 3 aromatic rings. The molecule has 0 amide bonds. The van der Waals surface area contributed by atoms with Crippen LogP contribution in [-0.2, 0) is 0 Å². The zero-order valence-corrected chi connectivity index (χ0v) is 12.0. The van der Waals surface area contributed by atoms with Crippen LogP contribution in [-0.4, -0.2) is 0 Å². The Morgan fingerprint density at radius 2 is 1.86 bits per heavy atom. The number of benzene rings is 2. The molecule has 104 valence electrons. The van der Waals surface area contributed by atoms with Crippen LogP contribution in [0.15, 0.2) is 65.6 Å². The number of allylic oxidation sites excluding steroid dienone is 1. The molecule has 0 spiro atoms. The van der Waals surface area contributed by atoms with Crippen LogP contribution in [0.2, 0.25) is 0 Å². The van der Waals surface area contributed by atoms with Crippen LogP contribution in [0.4, 0.5) is 11.4 Å². The average Bonchev–Trinajstić information content (AvgIpc) is 2.87. The van der Waals surface area contributed by atoms with E-state index < -0.39 is 0 Å². The van der Waals surface area contributed by atoms with Crippen LogP contribution in [0, 0.1) is 0 Å². The zero-order chi connectivity index (χ0) is 14.7. The summed E-state index contributed by atoms with van der Waals surface area (Å²) in [4.78, 5) is 0. The van der Waals surface area contributed by atoms with Crippen molar-refractivity contribution in [1.82, 2.24) is 0 Å². The number of hydrogen-bond donors (Lipinski definition) is 1. The molecule has 0 atom stereocenters. The van der Waals surface area contributed by atoms with Crippen molar-refractivity contribution in [2.45, 2.75) is 6.92 Å². The third-order valence-electron chi connectivity index (χ3n) is 3.36. The summed E-state index contributed by atoms with van der Waals surface area (Å²) >= 11 is 0. The SMILES string of the molecule is C=Cc1c(/C=C\C)oc2c(Nc3ccccc3)cccc12. The van der Waals surface area contributed by atoms with Crippen LogP contribution in [0.5, 0.6) is 0 Å². The molecule has 0 unspecified atom stereocenters. The van der Waals surface area contributed by atoms with Gasteiger partial charge in [0, 0.05) is 16.6 Å². The Morgan fingerprint density at radius 1 is 1.05 bits per heavy atom. The van der Waals surface area contributed by atoms with Crippen molar-refractivity contribution in [1.29, 1.82) is 0 Å². The highest BCUT2D eigenvalue weighted by Crippen LogP contribution is 2.34. The molecule has 0 aliphatic rings. The lowest BCUT2D eigenvalue weighted by atomic mass is 10.1. The molecule has 0 aliphatic heterocycles. The van der Waals surface area contributed by atoms with Crippen molar-refractivity contribution in [3.8, 4) is 0 Å². The van der Waals surface area contributed by atoms with Crippen LogP contribution in [0.25, 0.3) is 23.1 Å². The summed E-state index contributed by atoms with van der Waals surface area (Å²) in [6, 6.07) is 16.2. The maximum Gasteiger partial charge on any atom is 0.158 e. The summed E-state index contributed by atoms with van der Waals surface area (Å²) in [5.74, 6) is 0.838. The summed E-state index contributed by atoms with van der Waals surface area (Å²) in [6.07, 6.45) is 5.77. The monoisotopic (exact) mass is 275 g/mol. The van der Waals surface area contributed by atoms with Crippen LogP contribution in [0.3, 0.4) is 0 Å². The smallest absolute Gasteiger partial charge is 0.158 e. The molecule has 0 saturated heterocycles. The molecule has 0 bridgehead atoms. The first kappa shape index (κ1) is 13.3. The minimum atomic E-state index is 0.838. The molecule has 0 aliphatic carbocycles. The second kappa shape index (κ2) is 5.71. The summed E-state index contributed by atoms with van der Waals surface area (Å²) in [7, 11) is 0. The highest BCUT2D eigenvalue weighted by molar-refractivity contribution is 5.98. The van der Waals surface area contributed by atoms with Gasteiger partial charge >= 0.3 is 0 Å². The van der Waals surface area contributed by atoms with Crippen molar-refractivity contribution in [3.05, 3.63) is 72.5 Å². The summed E-state index contributed by atoms with van der Waals surface area (Å²) in [6.45, 7) is 5.87. The van der Waals surface area contributed by atoms with Crippen LogP contribution < -0.4 is 5.32 Å². The van der Waals surface area contributed by atoms with E-state index in [9.17, 15) is 0 Å². The van der Waals surface area contributed by atoms with Crippen molar-refractivity contribution >= 4 is 34.5 Å². The minimum absolute atomic E-state index is 0.838. The van der Waals surface area contributed by atoms with E-state index in [4.69, 9.17) is 4.42 Å². The van der Waals surface area contributed by atoms with Gasteiger partial charge in [0.2, 0.25) is 0 Å². The molecule has 0 radical (unpaired) electrons. The molecule has 0 fully saturated rings. The first-order valence-electron chi connectivity index (χ1n) is 6.96. The number of anilines is 2. The molecule has 1 N–H and O–H groups in total. The highest BCUT2D eigenvalue weighted by atomic mass is 16.3. The fraction of sp³-hybridized carbons (Fsp3) is 0.0526. The van der Waals surface area contributed by atoms with Gasteiger partial charge in [-0.3, -0.25) is 0 Å². The number of hydrogen-bond acceptors (Lipinski definition) is 2. The predicted octanol–water partition coefficient (Wildman–Crippen LogP) is 5.85. The van der Waals surface area contributed by atoms with Gasteiger partial charge in [0.1, 0.15) is 5.76 Å². The summed E-state index contributed by atoms with van der Waals surface area (Å²) in [5, 5.41) is 4.47. The van der Waals surface area contributed by atoms with Gasteiger partial charge in [0.25, 0.3) is 0 Å². The number of para-hydroxylation sites is 2. The molecule has 1 heterocycles. The van der Waals surface area contributed by atoms with E-state index in [-0.39, 0.29) is 0 Å². The van der Waals surface area contributed by atoms with Crippen LogP contribution in [0.1, 0.15) is 18.2 Å². The second-order valence-corrected chi connectivity index (χ2v) is 4.76. The number of fused-ring (bicyclic) bond motifs is 1. The molecule has 3 rings (SSSR count). The van der Waals surface area contributed by atoms with Gasteiger partial charge in [-0.2, -0.15) is 0 Å². The van der Waals surface area contributed by atoms with Crippen LogP contribution >= 0.6 is 0 Å². The largest absolute Gasteiger partial charge is 0.454 e. The van der Waals surface area contributed by atoms with E-state index in [1.54, 1.807) is 0 Å². The van der Waals surface area contributed by atoms with Crippen molar-refractivity contribution < 1.29 is 4.42 Å². The van der Waals surface area contributed by atoms with Crippen molar-refractivity contribution in [2.24, 2.45) is 0 Å². The van der Waals surface area contributed by atoms with E-state index in [0.29, 0.717) is 0 Å². The molecule has 0 saturated carbocycles. The van der Waals surface area contributed by atoms with E-state index in [1.807, 2.05) is 67.6 Å². The van der Waals surface area contributed by atoms with E-state index >= 15 is 0 Å². The number of nitrogens with one attached hydrogen (secondary N) is 1. The van der Waals surface area contributed by atoms with Gasteiger partial charge in [-0.1, -0.05) is 49.1 Å². The summed E-state index contributed by atoms with van der Waals surface area (Å²) in [5.41, 5.74) is 3.87. The van der Waals surface area contributed by atoms with Gasteiger partial charge in [0.15, 0.2) is 5.58 Å². The first-order valence-corrected chi connectivity index (χ1v) is 6.96. The molecule has 1 aromatic heterocycles. The van der Waals surface area contributed by atoms with Crippen molar-refractivity contribution in [3.63, 3.8) is 0 Å². The Bertz CT molecular complexity index is 797. The normalized spacial score (nSPS) is 11.1. The Labute approximate surface area is 124 Å². The Hall–Kier alpha value is -2.74. The zero-order valence-electron chi connectivity index (χ0n) is 12.0. The quantitative estimate of drug-likeness (QED) is 0.645. The molecule has 2 aromatic carbocycles. The fourth-order valence-corrected chi connectivity index (χ4v) is 2.42.